The van der Waals surface area contributed by atoms with Gasteiger partial charge in [-0.3, -0.25) is 4.68 Å². The van der Waals surface area contributed by atoms with Gasteiger partial charge in [0.1, 0.15) is 18.4 Å². The highest BCUT2D eigenvalue weighted by atomic mass is 16.5. The van der Waals surface area contributed by atoms with Crippen molar-refractivity contribution in [2.75, 3.05) is 6.61 Å². The molecule has 2 atom stereocenters. The average molecular weight is 300 g/mol. The van der Waals surface area contributed by atoms with Crippen LogP contribution in [0, 0.1) is 0 Å². The summed E-state index contributed by atoms with van der Waals surface area (Å²) >= 11 is 0. The summed E-state index contributed by atoms with van der Waals surface area (Å²) in [5.74, 6) is 1.09. The molecule has 1 aromatic carbocycles. The van der Waals surface area contributed by atoms with Crippen molar-refractivity contribution >= 4 is 0 Å². The number of fused-ring (bicyclic) bond motifs is 1. The molecule has 0 radical (unpaired) electrons. The van der Waals surface area contributed by atoms with Crippen LogP contribution in [0.5, 0.6) is 5.75 Å². The number of para-hydroxylation sites is 1. The first-order valence-corrected chi connectivity index (χ1v) is 8.11. The Hall–Kier alpha value is -1.88. The molecule has 0 bridgehead atoms. The molecule has 2 unspecified atom stereocenters. The molecule has 2 heterocycles. The van der Waals surface area contributed by atoms with Crippen molar-refractivity contribution in [1.29, 1.82) is 0 Å². The highest BCUT2D eigenvalue weighted by Crippen LogP contribution is 2.35. The van der Waals surface area contributed by atoms with E-state index in [-0.39, 0.29) is 0 Å². The van der Waals surface area contributed by atoms with Crippen molar-refractivity contribution in [2.24, 2.45) is 0 Å². The van der Waals surface area contributed by atoms with E-state index >= 15 is 0 Å². The van der Waals surface area contributed by atoms with Crippen LogP contribution in [0.15, 0.2) is 30.9 Å². The van der Waals surface area contributed by atoms with E-state index in [2.05, 4.69) is 47.4 Å². The summed E-state index contributed by atoms with van der Waals surface area (Å²) in [5.41, 5.74) is 2.61. The molecular weight excluding hydrogens is 276 g/mol. The quantitative estimate of drug-likeness (QED) is 0.891. The lowest BCUT2D eigenvalue weighted by molar-refractivity contribution is 0.240. The molecule has 1 N–H and O–H groups in total. The Labute approximate surface area is 131 Å². The van der Waals surface area contributed by atoms with E-state index in [0.717, 1.165) is 38.2 Å². The number of benzene rings is 1. The molecule has 0 saturated heterocycles. The monoisotopic (exact) mass is 300 g/mol. The van der Waals surface area contributed by atoms with E-state index in [4.69, 9.17) is 4.74 Å². The molecule has 0 spiro atoms. The number of nitrogens with zero attached hydrogens (tertiary/aromatic N) is 3. The van der Waals surface area contributed by atoms with Crippen LogP contribution in [0.4, 0.5) is 0 Å². The molecule has 22 heavy (non-hydrogen) atoms. The molecule has 0 saturated carbocycles. The van der Waals surface area contributed by atoms with Crippen LogP contribution in [-0.2, 0) is 13.0 Å². The van der Waals surface area contributed by atoms with Gasteiger partial charge < -0.3 is 10.1 Å². The second kappa shape index (κ2) is 6.92. The van der Waals surface area contributed by atoms with Crippen molar-refractivity contribution in [1.82, 2.24) is 20.1 Å². The maximum absolute atomic E-state index is 5.91. The molecule has 0 amide bonds. The molecule has 0 aliphatic carbocycles. The van der Waals surface area contributed by atoms with Gasteiger partial charge in [-0.05, 0) is 25.3 Å². The Morgan fingerprint density at radius 3 is 3.14 bits per heavy atom. The molecule has 2 aromatic rings. The molecule has 118 valence electrons. The summed E-state index contributed by atoms with van der Waals surface area (Å²) in [6, 6.07) is 7.29. The van der Waals surface area contributed by atoms with Crippen LogP contribution in [0.1, 0.15) is 43.9 Å². The van der Waals surface area contributed by atoms with Crippen molar-refractivity contribution in [3.63, 3.8) is 0 Å². The molecule has 1 aliphatic rings. The minimum Gasteiger partial charge on any atom is -0.493 e. The summed E-state index contributed by atoms with van der Waals surface area (Å²) in [4.78, 5) is 3.98. The minimum atomic E-state index is 0.376. The van der Waals surface area contributed by atoms with Gasteiger partial charge in [-0.25, -0.2) is 4.98 Å². The summed E-state index contributed by atoms with van der Waals surface area (Å²) in [6.45, 7) is 6.09. The number of hydrogen-bond acceptors (Lipinski definition) is 4. The zero-order chi connectivity index (χ0) is 15.4. The molecular formula is C17H24N4O. The van der Waals surface area contributed by atoms with Crippen molar-refractivity contribution < 1.29 is 4.74 Å². The van der Waals surface area contributed by atoms with Crippen LogP contribution >= 0.6 is 0 Å². The van der Waals surface area contributed by atoms with Crippen molar-refractivity contribution in [2.45, 2.75) is 51.7 Å². The maximum atomic E-state index is 5.91. The molecule has 1 aliphatic heterocycles. The first-order valence-electron chi connectivity index (χ1n) is 8.11. The van der Waals surface area contributed by atoms with Crippen LogP contribution < -0.4 is 10.1 Å². The summed E-state index contributed by atoms with van der Waals surface area (Å²) in [6.07, 6.45) is 6.41. The highest BCUT2D eigenvalue weighted by Gasteiger charge is 2.24. The first-order chi connectivity index (χ1) is 10.8. The van der Waals surface area contributed by atoms with Gasteiger partial charge in [0, 0.05) is 30.6 Å². The van der Waals surface area contributed by atoms with E-state index in [1.54, 1.807) is 12.7 Å². The van der Waals surface area contributed by atoms with Gasteiger partial charge in [0.25, 0.3) is 0 Å². The summed E-state index contributed by atoms with van der Waals surface area (Å²) in [7, 11) is 0. The maximum Gasteiger partial charge on any atom is 0.137 e. The van der Waals surface area contributed by atoms with Crippen LogP contribution in [0.25, 0.3) is 0 Å². The summed E-state index contributed by atoms with van der Waals surface area (Å²) < 4.78 is 7.79. The van der Waals surface area contributed by atoms with E-state index in [9.17, 15) is 0 Å². The molecule has 1 aromatic heterocycles. The Kier molecular flexibility index (Phi) is 4.73. The second-order valence-electron chi connectivity index (χ2n) is 5.89. The Bertz CT molecular complexity index is 597. The second-order valence-corrected chi connectivity index (χ2v) is 5.89. The van der Waals surface area contributed by atoms with E-state index < -0.39 is 0 Å². The number of aromatic nitrogens is 3. The fourth-order valence-corrected chi connectivity index (χ4v) is 3.04. The average Bonchev–Trinajstić information content (AvgIpc) is 3.06. The standard InChI is InChI=1S/C17H24N4O/c1-3-14-5-4-6-15-16(8-10-22-17(14)15)20-13(2)7-9-21-12-18-11-19-21/h4-6,11-13,16,20H,3,7-10H2,1-2H3. The zero-order valence-electron chi connectivity index (χ0n) is 13.3. The number of nitrogens with one attached hydrogen (secondary N) is 1. The largest absolute Gasteiger partial charge is 0.493 e. The van der Waals surface area contributed by atoms with Gasteiger partial charge in [0.15, 0.2) is 0 Å². The van der Waals surface area contributed by atoms with Crippen LogP contribution in [0.3, 0.4) is 0 Å². The van der Waals surface area contributed by atoms with Crippen LogP contribution in [-0.4, -0.2) is 27.4 Å². The normalized spacial score (nSPS) is 18.5. The smallest absolute Gasteiger partial charge is 0.137 e. The number of aryl methyl sites for hydroxylation is 2. The summed E-state index contributed by atoms with van der Waals surface area (Å²) in [5, 5.41) is 7.90. The molecule has 0 fully saturated rings. The number of hydrogen-bond donors (Lipinski definition) is 1. The van der Waals surface area contributed by atoms with Crippen LogP contribution in [0.2, 0.25) is 0 Å². The lowest BCUT2D eigenvalue weighted by Gasteiger charge is -2.30. The number of rotatable bonds is 6. The van der Waals surface area contributed by atoms with Gasteiger partial charge in [-0.1, -0.05) is 25.1 Å². The third kappa shape index (κ3) is 3.30. The predicted molar refractivity (Wildman–Crippen MR) is 85.9 cm³/mol. The van der Waals surface area contributed by atoms with Gasteiger partial charge in [0.05, 0.1) is 6.61 Å². The van der Waals surface area contributed by atoms with Gasteiger partial charge in [0.2, 0.25) is 0 Å². The van der Waals surface area contributed by atoms with E-state index in [0.29, 0.717) is 12.1 Å². The fourth-order valence-electron chi connectivity index (χ4n) is 3.04. The first kappa shape index (κ1) is 15.0. The van der Waals surface area contributed by atoms with Gasteiger partial charge >= 0.3 is 0 Å². The van der Waals surface area contributed by atoms with E-state index in [1.165, 1.54) is 11.1 Å². The zero-order valence-corrected chi connectivity index (χ0v) is 13.3. The highest BCUT2D eigenvalue weighted by molar-refractivity contribution is 5.44. The van der Waals surface area contributed by atoms with Gasteiger partial charge in [-0.2, -0.15) is 5.10 Å². The molecule has 5 heteroatoms. The Morgan fingerprint density at radius 1 is 1.45 bits per heavy atom. The third-order valence-corrected chi connectivity index (χ3v) is 4.28. The van der Waals surface area contributed by atoms with E-state index in [1.807, 2.05) is 4.68 Å². The molecule has 5 nitrogen and oxygen atoms in total. The van der Waals surface area contributed by atoms with Crippen molar-refractivity contribution in [3.8, 4) is 5.75 Å². The van der Waals surface area contributed by atoms with Gasteiger partial charge in [-0.15, -0.1) is 0 Å². The third-order valence-electron chi connectivity index (χ3n) is 4.28. The fraction of sp³-hybridized carbons (Fsp3) is 0.529. The Balaban J connectivity index is 1.64. The minimum absolute atomic E-state index is 0.376. The number of ether oxygens (including phenoxy) is 1. The Morgan fingerprint density at radius 2 is 2.36 bits per heavy atom. The lowest BCUT2D eigenvalue weighted by Crippen LogP contribution is -2.34. The van der Waals surface area contributed by atoms with Crippen molar-refractivity contribution in [3.05, 3.63) is 42.0 Å². The molecule has 3 rings (SSSR count). The lowest BCUT2D eigenvalue weighted by atomic mass is 9.96. The topological polar surface area (TPSA) is 52.0 Å². The predicted octanol–water partition coefficient (Wildman–Crippen LogP) is 2.73. The SMILES string of the molecule is CCc1cccc2c1OCCC2NC(C)CCn1cncn1.